The Morgan fingerprint density at radius 2 is 1.64 bits per heavy atom. The highest BCUT2D eigenvalue weighted by Crippen LogP contribution is 2.43. The van der Waals surface area contributed by atoms with Gasteiger partial charge in [0.25, 0.3) is 0 Å². The van der Waals surface area contributed by atoms with Crippen LogP contribution in [0.25, 0.3) is 17.1 Å². The number of para-hydroxylation sites is 1. The molecule has 0 unspecified atom stereocenters. The van der Waals surface area contributed by atoms with Crippen LogP contribution in [0, 0.1) is 0 Å². The highest BCUT2D eigenvalue weighted by atomic mass is 32.2. The molecule has 2 aromatic carbocycles. The molecule has 28 heavy (non-hydrogen) atoms. The van der Waals surface area contributed by atoms with Crippen LogP contribution in [0.2, 0.25) is 0 Å². The third-order valence-corrected chi connectivity index (χ3v) is 5.74. The second kappa shape index (κ2) is 7.24. The Kier molecular flexibility index (Phi) is 4.44. The van der Waals surface area contributed by atoms with E-state index in [0.717, 1.165) is 22.2 Å². The zero-order chi connectivity index (χ0) is 18.9. The van der Waals surface area contributed by atoms with Gasteiger partial charge in [0.2, 0.25) is 11.8 Å². The van der Waals surface area contributed by atoms with E-state index in [-0.39, 0.29) is 5.25 Å². The minimum absolute atomic E-state index is 0.0383. The molecule has 1 saturated carbocycles. The number of hydrogen-bond acceptors (Lipinski definition) is 6. The monoisotopic (exact) mass is 389 g/mol. The van der Waals surface area contributed by atoms with Gasteiger partial charge in [-0.15, -0.1) is 20.4 Å². The van der Waals surface area contributed by atoms with Gasteiger partial charge in [-0.1, -0.05) is 48.2 Å². The van der Waals surface area contributed by atoms with Crippen LogP contribution in [-0.2, 0) is 0 Å². The van der Waals surface area contributed by atoms with Crippen molar-refractivity contribution in [3.8, 4) is 17.1 Å². The Balaban J connectivity index is 1.43. The van der Waals surface area contributed by atoms with Crippen LogP contribution in [0.4, 0.5) is 0 Å². The van der Waals surface area contributed by atoms with Crippen molar-refractivity contribution in [2.75, 3.05) is 0 Å². The summed E-state index contributed by atoms with van der Waals surface area (Å²) in [4.78, 5) is 0. The van der Waals surface area contributed by atoms with Gasteiger partial charge in [-0.25, -0.2) is 0 Å². The summed E-state index contributed by atoms with van der Waals surface area (Å²) in [6, 6.07) is 20.1. The van der Waals surface area contributed by atoms with E-state index in [0.29, 0.717) is 17.7 Å². The summed E-state index contributed by atoms with van der Waals surface area (Å²) in [6.07, 6.45) is 2.35. The van der Waals surface area contributed by atoms with Crippen molar-refractivity contribution in [2.45, 2.75) is 36.1 Å². The van der Waals surface area contributed by atoms with E-state index in [1.165, 1.54) is 12.8 Å². The molecule has 2 heterocycles. The number of aromatic nitrogens is 5. The second-order valence-corrected chi connectivity index (χ2v) is 8.17. The molecule has 1 fully saturated rings. The predicted octanol–water partition coefficient (Wildman–Crippen LogP) is 5.05. The topological polar surface area (TPSA) is 69.6 Å². The van der Waals surface area contributed by atoms with Gasteiger partial charge in [-0.05, 0) is 44.0 Å². The fraction of sp³-hybridized carbons (Fsp3) is 0.238. The molecule has 4 aromatic rings. The van der Waals surface area contributed by atoms with Crippen LogP contribution in [-0.4, -0.2) is 25.0 Å². The lowest BCUT2D eigenvalue weighted by Crippen LogP contribution is -2.02. The first-order chi connectivity index (χ1) is 13.8. The maximum atomic E-state index is 5.92. The van der Waals surface area contributed by atoms with Gasteiger partial charge in [0.05, 0.1) is 5.25 Å². The zero-order valence-corrected chi connectivity index (χ0v) is 16.2. The minimum Gasteiger partial charge on any atom is -0.419 e. The number of rotatable bonds is 6. The first kappa shape index (κ1) is 17.2. The average Bonchev–Trinajstić information content (AvgIpc) is 3.31. The van der Waals surface area contributed by atoms with E-state index in [1.807, 2.05) is 55.5 Å². The first-order valence-corrected chi connectivity index (χ1v) is 10.2. The molecule has 0 saturated heterocycles. The normalized spacial score (nSPS) is 14.9. The molecule has 0 bridgehead atoms. The summed E-state index contributed by atoms with van der Waals surface area (Å²) in [5, 5.41) is 18.2. The Labute approximate surface area is 167 Å². The summed E-state index contributed by atoms with van der Waals surface area (Å²) < 4.78 is 8.08. The maximum Gasteiger partial charge on any atom is 0.247 e. The van der Waals surface area contributed by atoms with Crippen LogP contribution < -0.4 is 0 Å². The van der Waals surface area contributed by atoms with Gasteiger partial charge in [-0.2, -0.15) is 0 Å². The Hall–Kier alpha value is -2.93. The van der Waals surface area contributed by atoms with Crippen molar-refractivity contribution >= 4 is 11.8 Å². The lowest BCUT2D eigenvalue weighted by molar-refractivity contribution is 0.509. The van der Waals surface area contributed by atoms with Crippen molar-refractivity contribution in [1.29, 1.82) is 0 Å². The van der Waals surface area contributed by atoms with Crippen molar-refractivity contribution in [2.24, 2.45) is 0 Å². The Bertz CT molecular complexity index is 1070. The van der Waals surface area contributed by atoms with Gasteiger partial charge in [0.1, 0.15) is 5.82 Å². The van der Waals surface area contributed by atoms with Gasteiger partial charge in [0.15, 0.2) is 5.16 Å². The molecular weight excluding hydrogens is 370 g/mol. The van der Waals surface area contributed by atoms with Gasteiger partial charge >= 0.3 is 0 Å². The first-order valence-electron chi connectivity index (χ1n) is 9.36. The van der Waals surface area contributed by atoms with Crippen LogP contribution in [0.1, 0.15) is 42.6 Å². The molecule has 1 atom stereocenters. The lowest BCUT2D eigenvalue weighted by atomic mass is 10.2. The molecule has 1 aliphatic carbocycles. The smallest absolute Gasteiger partial charge is 0.247 e. The van der Waals surface area contributed by atoms with Crippen LogP contribution in [0.15, 0.2) is 70.2 Å². The van der Waals surface area contributed by atoms with E-state index in [4.69, 9.17) is 4.42 Å². The third kappa shape index (κ3) is 3.33. The van der Waals surface area contributed by atoms with Crippen molar-refractivity contribution in [3.63, 3.8) is 0 Å². The van der Waals surface area contributed by atoms with Gasteiger partial charge < -0.3 is 4.42 Å². The quantitative estimate of drug-likeness (QED) is 0.430. The number of hydrogen-bond donors (Lipinski definition) is 0. The third-order valence-electron chi connectivity index (χ3n) is 4.71. The van der Waals surface area contributed by atoms with Crippen LogP contribution >= 0.6 is 11.8 Å². The Morgan fingerprint density at radius 1 is 0.929 bits per heavy atom. The van der Waals surface area contributed by atoms with E-state index < -0.39 is 0 Å². The molecule has 0 N–H and O–H groups in total. The van der Waals surface area contributed by atoms with Crippen molar-refractivity contribution in [1.82, 2.24) is 25.0 Å². The average molecular weight is 389 g/mol. The molecule has 0 amide bonds. The molecule has 140 valence electrons. The SMILES string of the molecule is C[C@@H](Sc1nnc(C2CC2)n1-c1ccccc1)c1nnc(-c2ccccc2)o1. The molecule has 0 radical (unpaired) electrons. The molecule has 1 aliphatic rings. The van der Waals surface area contributed by atoms with E-state index >= 15 is 0 Å². The molecule has 6 nitrogen and oxygen atoms in total. The Morgan fingerprint density at radius 3 is 2.36 bits per heavy atom. The molecule has 5 rings (SSSR count). The fourth-order valence-corrected chi connectivity index (χ4v) is 3.99. The fourth-order valence-electron chi connectivity index (χ4n) is 3.09. The van der Waals surface area contributed by atoms with E-state index in [2.05, 4.69) is 37.1 Å². The highest BCUT2D eigenvalue weighted by molar-refractivity contribution is 7.99. The number of thioether (sulfide) groups is 1. The zero-order valence-electron chi connectivity index (χ0n) is 15.4. The van der Waals surface area contributed by atoms with Crippen molar-refractivity contribution < 1.29 is 4.42 Å². The van der Waals surface area contributed by atoms with Crippen LogP contribution in [0.5, 0.6) is 0 Å². The van der Waals surface area contributed by atoms with Gasteiger partial charge in [0, 0.05) is 17.2 Å². The molecule has 2 aromatic heterocycles. The summed E-state index contributed by atoms with van der Waals surface area (Å²) in [5.74, 6) is 2.66. The summed E-state index contributed by atoms with van der Waals surface area (Å²) in [6.45, 7) is 2.05. The lowest BCUT2D eigenvalue weighted by Gasteiger charge is -2.11. The minimum atomic E-state index is -0.0383. The van der Waals surface area contributed by atoms with E-state index in [9.17, 15) is 0 Å². The van der Waals surface area contributed by atoms with Gasteiger partial charge in [-0.3, -0.25) is 4.57 Å². The number of benzene rings is 2. The van der Waals surface area contributed by atoms with Crippen molar-refractivity contribution in [3.05, 3.63) is 72.4 Å². The summed E-state index contributed by atoms with van der Waals surface area (Å²) >= 11 is 1.59. The molecular formula is C21H19N5OS. The second-order valence-electron chi connectivity index (χ2n) is 6.86. The molecule has 7 heteroatoms. The highest BCUT2D eigenvalue weighted by Gasteiger charge is 2.31. The largest absolute Gasteiger partial charge is 0.419 e. The molecule has 0 spiro atoms. The standard InChI is InChI=1S/C21H19N5OS/c1-14(19-23-24-20(27-19)16-8-4-2-5-9-16)28-21-25-22-18(15-12-13-15)26(21)17-10-6-3-7-11-17/h2-11,14-15H,12-13H2,1H3/t14-/m1/s1. The maximum absolute atomic E-state index is 5.92. The number of nitrogens with zero attached hydrogens (tertiary/aromatic N) is 5. The van der Waals surface area contributed by atoms with Crippen LogP contribution in [0.3, 0.4) is 0 Å². The summed E-state index contributed by atoms with van der Waals surface area (Å²) in [7, 11) is 0. The predicted molar refractivity (Wildman–Crippen MR) is 107 cm³/mol. The molecule has 0 aliphatic heterocycles. The summed E-state index contributed by atoms with van der Waals surface area (Å²) in [5.41, 5.74) is 2.00. The van der Waals surface area contributed by atoms with E-state index in [1.54, 1.807) is 11.8 Å².